The number of carbonyl (C=O) groups excluding carboxylic acids is 1. The number of ether oxygens (including phenoxy) is 2. The Morgan fingerprint density at radius 3 is 2.53 bits per heavy atom. The minimum absolute atomic E-state index is 0.258. The van der Waals surface area contributed by atoms with Crippen LogP contribution in [-0.4, -0.2) is 31.1 Å². The summed E-state index contributed by atoms with van der Waals surface area (Å²) in [6, 6.07) is 18.3. The fourth-order valence-electron chi connectivity index (χ4n) is 2.78. The van der Waals surface area contributed by atoms with Crippen molar-refractivity contribution in [2.45, 2.75) is 13.5 Å². The zero-order valence-electron chi connectivity index (χ0n) is 17.2. The van der Waals surface area contributed by atoms with E-state index in [0.29, 0.717) is 35.3 Å². The molecular formula is C23H24N4O3. The number of anilines is 1. The van der Waals surface area contributed by atoms with E-state index in [9.17, 15) is 4.79 Å². The smallest absolute Gasteiger partial charge is 0.257 e. The molecule has 0 atom stereocenters. The lowest BCUT2D eigenvalue weighted by Gasteiger charge is -2.14. The molecule has 30 heavy (non-hydrogen) atoms. The van der Waals surface area contributed by atoms with Crippen LogP contribution in [0.15, 0.2) is 71.9 Å². The lowest BCUT2D eigenvalue weighted by atomic mass is 10.1. The molecule has 1 amide bonds. The summed E-state index contributed by atoms with van der Waals surface area (Å²) in [5.74, 6) is 1.22. The van der Waals surface area contributed by atoms with Crippen LogP contribution in [0.3, 0.4) is 0 Å². The maximum absolute atomic E-state index is 12.7. The van der Waals surface area contributed by atoms with Gasteiger partial charge in [-0.15, -0.1) is 0 Å². The average Bonchev–Trinajstić information content (AvgIpc) is 2.78. The monoisotopic (exact) mass is 404 g/mol. The number of aromatic nitrogens is 1. The number of guanidine groups is 1. The number of nitrogens with one attached hydrogen (secondary N) is 2. The molecule has 7 nitrogen and oxygen atoms in total. The molecule has 0 aliphatic carbocycles. The third-order valence-corrected chi connectivity index (χ3v) is 4.28. The summed E-state index contributed by atoms with van der Waals surface area (Å²) in [5, 5.41) is 5.99. The van der Waals surface area contributed by atoms with Gasteiger partial charge in [0.15, 0.2) is 11.5 Å². The van der Waals surface area contributed by atoms with Crippen molar-refractivity contribution in [1.82, 2.24) is 10.3 Å². The van der Waals surface area contributed by atoms with Crippen LogP contribution in [0.5, 0.6) is 11.5 Å². The van der Waals surface area contributed by atoms with Gasteiger partial charge in [0.25, 0.3) is 5.91 Å². The van der Waals surface area contributed by atoms with E-state index < -0.39 is 0 Å². The van der Waals surface area contributed by atoms with E-state index in [4.69, 9.17) is 9.47 Å². The van der Waals surface area contributed by atoms with E-state index in [1.165, 1.54) is 0 Å². The molecule has 0 saturated heterocycles. The highest BCUT2D eigenvalue weighted by Gasteiger charge is 2.11. The largest absolute Gasteiger partial charge is 0.493 e. The molecular weight excluding hydrogens is 380 g/mol. The zero-order chi connectivity index (χ0) is 21.3. The minimum Gasteiger partial charge on any atom is -0.493 e. The summed E-state index contributed by atoms with van der Waals surface area (Å²) < 4.78 is 10.6. The van der Waals surface area contributed by atoms with Gasteiger partial charge in [-0.2, -0.15) is 0 Å². The van der Waals surface area contributed by atoms with Crippen LogP contribution in [0.1, 0.15) is 21.6 Å². The van der Waals surface area contributed by atoms with E-state index in [2.05, 4.69) is 20.6 Å². The number of nitrogens with zero attached hydrogens (tertiary/aromatic N) is 2. The summed E-state index contributed by atoms with van der Waals surface area (Å²) in [5.41, 5.74) is 3.03. The Bertz CT molecular complexity index is 1040. The van der Waals surface area contributed by atoms with Crippen LogP contribution >= 0.6 is 0 Å². The van der Waals surface area contributed by atoms with Gasteiger partial charge in [-0.3, -0.25) is 15.1 Å². The normalized spacial score (nSPS) is 11.0. The van der Waals surface area contributed by atoms with Crippen LogP contribution in [0.4, 0.5) is 5.69 Å². The van der Waals surface area contributed by atoms with Crippen molar-refractivity contribution >= 4 is 17.6 Å². The molecule has 2 N–H and O–H groups in total. The number of benzene rings is 2. The van der Waals surface area contributed by atoms with Crippen LogP contribution < -0.4 is 20.1 Å². The Morgan fingerprint density at radius 1 is 1.00 bits per heavy atom. The van der Waals surface area contributed by atoms with Gasteiger partial charge < -0.3 is 14.8 Å². The Hall–Kier alpha value is -3.87. The third-order valence-electron chi connectivity index (χ3n) is 4.28. The van der Waals surface area contributed by atoms with Gasteiger partial charge in [0.1, 0.15) is 0 Å². The number of carbonyl (C=O) groups is 1. The summed E-state index contributed by atoms with van der Waals surface area (Å²) in [7, 11) is 3.14. The van der Waals surface area contributed by atoms with E-state index in [-0.39, 0.29) is 5.91 Å². The van der Waals surface area contributed by atoms with E-state index in [1.54, 1.807) is 38.6 Å². The van der Waals surface area contributed by atoms with Crippen molar-refractivity contribution in [1.29, 1.82) is 0 Å². The molecule has 0 aliphatic rings. The zero-order valence-corrected chi connectivity index (χ0v) is 17.2. The highest BCUT2D eigenvalue weighted by atomic mass is 16.5. The van der Waals surface area contributed by atoms with Crippen LogP contribution in [0.25, 0.3) is 0 Å². The summed E-state index contributed by atoms with van der Waals surface area (Å²) in [6.07, 6.45) is 1.71. The standard InChI is InChI=1S/C23H24N4O3/c1-16-7-6-8-17(13-16)22(28)27-23(25-15-19-9-4-5-12-24-19)26-18-10-11-20(29-2)21(14-18)30-3/h4-14H,15H2,1-3H3,(H2,25,26,27,28). The highest BCUT2D eigenvalue weighted by Crippen LogP contribution is 2.29. The van der Waals surface area contributed by atoms with Crippen LogP contribution in [0.2, 0.25) is 0 Å². The van der Waals surface area contributed by atoms with Crippen molar-refractivity contribution in [3.8, 4) is 11.5 Å². The third kappa shape index (κ3) is 5.57. The fraction of sp³-hybridized carbons (Fsp3) is 0.174. The number of hydrogen-bond donors (Lipinski definition) is 2. The quantitative estimate of drug-likeness (QED) is 0.482. The second-order valence-electron chi connectivity index (χ2n) is 6.50. The fourth-order valence-corrected chi connectivity index (χ4v) is 2.78. The van der Waals surface area contributed by atoms with Gasteiger partial charge in [-0.1, -0.05) is 23.8 Å². The maximum Gasteiger partial charge on any atom is 0.257 e. The van der Waals surface area contributed by atoms with Crippen molar-refractivity contribution in [2.75, 3.05) is 19.5 Å². The van der Waals surface area contributed by atoms with E-state index in [0.717, 1.165) is 11.3 Å². The summed E-state index contributed by atoms with van der Waals surface area (Å²) in [4.78, 5) is 21.5. The molecule has 0 saturated carbocycles. The number of pyridine rings is 1. The summed E-state index contributed by atoms with van der Waals surface area (Å²) in [6.45, 7) is 2.25. The number of amides is 1. The number of methoxy groups -OCH3 is 2. The molecule has 154 valence electrons. The highest BCUT2D eigenvalue weighted by molar-refractivity contribution is 6.10. The number of rotatable bonds is 6. The molecule has 0 fully saturated rings. The number of hydrogen-bond acceptors (Lipinski definition) is 5. The second kappa shape index (κ2) is 10.1. The predicted octanol–water partition coefficient (Wildman–Crippen LogP) is 3.81. The molecule has 1 aromatic heterocycles. The van der Waals surface area contributed by atoms with Gasteiger partial charge >= 0.3 is 0 Å². The van der Waals surface area contributed by atoms with Crippen molar-refractivity contribution in [3.63, 3.8) is 0 Å². The lowest BCUT2D eigenvalue weighted by Crippen LogP contribution is -2.36. The van der Waals surface area contributed by atoms with Crippen molar-refractivity contribution in [2.24, 2.45) is 4.99 Å². The van der Waals surface area contributed by atoms with Crippen molar-refractivity contribution in [3.05, 3.63) is 83.7 Å². The van der Waals surface area contributed by atoms with E-state index in [1.807, 2.05) is 49.4 Å². The first kappa shape index (κ1) is 20.9. The maximum atomic E-state index is 12.7. The second-order valence-corrected chi connectivity index (χ2v) is 6.50. The van der Waals surface area contributed by atoms with Gasteiger partial charge in [0, 0.05) is 23.5 Å². The number of aliphatic imine (C=N–C) groups is 1. The first-order valence-corrected chi connectivity index (χ1v) is 9.40. The molecule has 7 heteroatoms. The molecule has 0 radical (unpaired) electrons. The molecule has 0 spiro atoms. The van der Waals surface area contributed by atoms with Crippen molar-refractivity contribution < 1.29 is 14.3 Å². The van der Waals surface area contributed by atoms with Gasteiger partial charge in [-0.05, 0) is 43.3 Å². The molecule has 3 aromatic rings. The summed E-state index contributed by atoms with van der Waals surface area (Å²) >= 11 is 0. The minimum atomic E-state index is -0.258. The molecule has 0 bridgehead atoms. The van der Waals surface area contributed by atoms with Gasteiger partial charge in [0.2, 0.25) is 5.96 Å². The van der Waals surface area contributed by atoms with Crippen LogP contribution in [0, 0.1) is 6.92 Å². The number of aryl methyl sites for hydroxylation is 1. The average molecular weight is 404 g/mol. The molecule has 0 aliphatic heterocycles. The molecule has 1 heterocycles. The lowest BCUT2D eigenvalue weighted by molar-refractivity contribution is 0.0977. The molecule has 3 rings (SSSR count). The Kier molecular flexibility index (Phi) is 7.00. The Labute approximate surface area is 175 Å². The molecule has 2 aromatic carbocycles. The van der Waals surface area contributed by atoms with Gasteiger partial charge in [-0.25, -0.2) is 4.99 Å². The van der Waals surface area contributed by atoms with Crippen LogP contribution in [-0.2, 0) is 6.54 Å². The molecule has 0 unspecified atom stereocenters. The first-order chi connectivity index (χ1) is 14.6. The SMILES string of the molecule is COc1ccc(NC(=NCc2ccccn2)NC(=O)c2cccc(C)c2)cc1OC. The van der Waals surface area contributed by atoms with E-state index >= 15 is 0 Å². The predicted molar refractivity (Wildman–Crippen MR) is 117 cm³/mol. The topological polar surface area (TPSA) is 84.8 Å². The first-order valence-electron chi connectivity index (χ1n) is 9.40. The Morgan fingerprint density at radius 2 is 1.83 bits per heavy atom. The Balaban J connectivity index is 1.84. The van der Waals surface area contributed by atoms with Gasteiger partial charge in [0.05, 0.1) is 26.5 Å².